The summed E-state index contributed by atoms with van der Waals surface area (Å²) in [5, 5.41) is 0. The van der Waals surface area contributed by atoms with Crippen molar-refractivity contribution < 1.29 is 28.6 Å². The average molecular weight is 909 g/mol. The molecular weight excluding hydrogens is 805 g/mol. The van der Waals surface area contributed by atoms with Crippen molar-refractivity contribution >= 4 is 17.9 Å². The lowest BCUT2D eigenvalue weighted by Gasteiger charge is -2.18. The van der Waals surface area contributed by atoms with E-state index in [-0.39, 0.29) is 31.1 Å². The van der Waals surface area contributed by atoms with Crippen molar-refractivity contribution in [2.45, 2.75) is 284 Å². The number of carbonyl (C=O) groups excluding carboxylic acids is 3. The molecule has 0 saturated heterocycles. The number of allylic oxidation sites excluding steroid dienone is 10. The summed E-state index contributed by atoms with van der Waals surface area (Å²) in [5.74, 6) is -0.888. The van der Waals surface area contributed by atoms with E-state index in [4.69, 9.17) is 14.2 Å². The standard InChI is InChI=1S/C59H104O6/c1-4-7-10-13-16-19-22-25-27-29-31-32-34-37-40-43-46-49-52-58(61)64-55-56(54-63-57(60)51-48-45-42-39-36-24-21-18-15-12-9-6-3)65-59(62)53-50-47-44-41-38-35-33-30-28-26-23-20-17-14-11-8-5-2/h8,11,17,19-20,22,26-29,56H,4-7,9-10,12-16,18,21,23-25,30-55H2,1-3H3/b11-8-,20-17-,22-19-,28-26-,29-27-. The van der Waals surface area contributed by atoms with Crippen LogP contribution in [0.3, 0.4) is 0 Å². The molecule has 0 spiro atoms. The van der Waals surface area contributed by atoms with Crippen LogP contribution in [-0.4, -0.2) is 37.2 Å². The molecule has 0 bridgehead atoms. The number of esters is 3. The molecule has 0 aromatic rings. The average Bonchev–Trinajstić information content (AvgIpc) is 3.30. The molecular formula is C59H104O6. The molecule has 6 heteroatoms. The van der Waals surface area contributed by atoms with E-state index in [1.165, 1.54) is 141 Å². The Morgan fingerprint density at radius 3 is 0.954 bits per heavy atom. The Labute approximate surface area is 402 Å². The number of carbonyl (C=O) groups is 3. The smallest absolute Gasteiger partial charge is 0.306 e. The summed E-state index contributed by atoms with van der Waals surface area (Å²) in [4.78, 5) is 38.1. The summed E-state index contributed by atoms with van der Waals surface area (Å²) >= 11 is 0. The van der Waals surface area contributed by atoms with Crippen LogP contribution in [0.2, 0.25) is 0 Å². The van der Waals surface area contributed by atoms with Gasteiger partial charge in [-0.1, -0.05) is 236 Å². The molecule has 0 aliphatic carbocycles. The first-order chi connectivity index (χ1) is 32.0. The van der Waals surface area contributed by atoms with Gasteiger partial charge in [0.05, 0.1) is 0 Å². The van der Waals surface area contributed by atoms with Gasteiger partial charge in [0, 0.05) is 19.3 Å². The Bertz CT molecular complexity index is 1180. The minimum atomic E-state index is -0.781. The van der Waals surface area contributed by atoms with Crippen molar-refractivity contribution in [3.8, 4) is 0 Å². The van der Waals surface area contributed by atoms with Gasteiger partial charge in [-0.3, -0.25) is 14.4 Å². The second kappa shape index (κ2) is 53.7. The summed E-state index contributed by atoms with van der Waals surface area (Å²) in [7, 11) is 0. The lowest BCUT2D eigenvalue weighted by Crippen LogP contribution is -2.30. The zero-order chi connectivity index (χ0) is 47.2. The van der Waals surface area contributed by atoms with Crippen molar-refractivity contribution in [3.63, 3.8) is 0 Å². The van der Waals surface area contributed by atoms with Gasteiger partial charge in [0.1, 0.15) is 13.2 Å². The Hall–Kier alpha value is -2.89. The Morgan fingerprint density at radius 2 is 0.600 bits per heavy atom. The summed E-state index contributed by atoms with van der Waals surface area (Å²) < 4.78 is 16.8. The van der Waals surface area contributed by atoms with E-state index in [9.17, 15) is 14.4 Å². The Kier molecular flexibility index (Phi) is 51.3. The van der Waals surface area contributed by atoms with E-state index in [0.29, 0.717) is 19.3 Å². The molecule has 0 saturated carbocycles. The predicted octanol–water partition coefficient (Wildman–Crippen LogP) is 18.4. The maximum atomic E-state index is 12.8. The first-order valence-electron chi connectivity index (χ1n) is 27.8. The van der Waals surface area contributed by atoms with Crippen LogP contribution >= 0.6 is 0 Å². The minimum Gasteiger partial charge on any atom is -0.462 e. The van der Waals surface area contributed by atoms with E-state index >= 15 is 0 Å². The van der Waals surface area contributed by atoms with Gasteiger partial charge in [0.25, 0.3) is 0 Å². The Balaban J connectivity index is 4.37. The van der Waals surface area contributed by atoms with E-state index in [1.807, 2.05) is 0 Å². The second-order valence-corrected chi connectivity index (χ2v) is 18.5. The van der Waals surface area contributed by atoms with Crippen molar-refractivity contribution in [2.24, 2.45) is 0 Å². The van der Waals surface area contributed by atoms with Crippen LogP contribution in [0, 0.1) is 0 Å². The molecule has 0 aliphatic heterocycles. The second-order valence-electron chi connectivity index (χ2n) is 18.5. The van der Waals surface area contributed by atoms with Gasteiger partial charge in [-0.25, -0.2) is 0 Å². The molecule has 0 amide bonds. The lowest BCUT2D eigenvalue weighted by molar-refractivity contribution is -0.167. The monoisotopic (exact) mass is 909 g/mol. The molecule has 0 aliphatic rings. The number of unbranched alkanes of at least 4 members (excludes halogenated alkanes) is 29. The van der Waals surface area contributed by atoms with Crippen LogP contribution in [0.4, 0.5) is 0 Å². The van der Waals surface area contributed by atoms with Gasteiger partial charge < -0.3 is 14.2 Å². The molecule has 0 aromatic carbocycles. The zero-order valence-corrected chi connectivity index (χ0v) is 43.0. The molecule has 65 heavy (non-hydrogen) atoms. The van der Waals surface area contributed by atoms with Crippen LogP contribution in [0.15, 0.2) is 60.8 Å². The molecule has 1 atom stereocenters. The topological polar surface area (TPSA) is 78.9 Å². The van der Waals surface area contributed by atoms with Gasteiger partial charge in [0.15, 0.2) is 6.10 Å². The SMILES string of the molecule is CC/C=C\C/C=C\C/C=C\CCCCCCCCCC(=O)OC(COC(=O)CCCCCCCCC/C=C\C/C=C\CCCCCC)COC(=O)CCCCCCCCCCCCCC. The number of hydrogen-bond donors (Lipinski definition) is 0. The molecule has 0 heterocycles. The molecule has 376 valence electrons. The molecule has 0 fully saturated rings. The molecule has 0 rings (SSSR count). The first-order valence-corrected chi connectivity index (χ1v) is 27.8. The third-order valence-corrected chi connectivity index (χ3v) is 12.0. The third-order valence-electron chi connectivity index (χ3n) is 12.0. The highest BCUT2D eigenvalue weighted by molar-refractivity contribution is 5.71. The highest BCUT2D eigenvalue weighted by atomic mass is 16.6. The first kappa shape index (κ1) is 62.1. The fourth-order valence-corrected chi connectivity index (χ4v) is 7.84. The zero-order valence-electron chi connectivity index (χ0n) is 43.0. The highest BCUT2D eigenvalue weighted by Crippen LogP contribution is 2.15. The highest BCUT2D eigenvalue weighted by Gasteiger charge is 2.19. The maximum Gasteiger partial charge on any atom is 0.306 e. The fraction of sp³-hybridized carbons (Fsp3) is 0.780. The molecule has 1 unspecified atom stereocenters. The van der Waals surface area contributed by atoms with Crippen molar-refractivity contribution in [1.29, 1.82) is 0 Å². The fourth-order valence-electron chi connectivity index (χ4n) is 7.84. The summed E-state index contributed by atoms with van der Waals surface area (Å²) in [6.07, 6.45) is 66.3. The lowest BCUT2D eigenvalue weighted by atomic mass is 10.0. The van der Waals surface area contributed by atoms with Gasteiger partial charge in [-0.15, -0.1) is 0 Å². The van der Waals surface area contributed by atoms with Crippen molar-refractivity contribution in [2.75, 3.05) is 13.2 Å². The van der Waals surface area contributed by atoms with Gasteiger partial charge in [-0.2, -0.15) is 0 Å². The van der Waals surface area contributed by atoms with Gasteiger partial charge in [-0.05, 0) is 83.5 Å². The van der Waals surface area contributed by atoms with E-state index < -0.39 is 6.10 Å². The Morgan fingerprint density at radius 1 is 0.323 bits per heavy atom. The number of rotatable bonds is 50. The third kappa shape index (κ3) is 51.9. The van der Waals surface area contributed by atoms with Crippen LogP contribution in [0.1, 0.15) is 278 Å². The van der Waals surface area contributed by atoms with Crippen LogP contribution in [0.5, 0.6) is 0 Å². The molecule has 6 nitrogen and oxygen atoms in total. The van der Waals surface area contributed by atoms with Gasteiger partial charge >= 0.3 is 17.9 Å². The van der Waals surface area contributed by atoms with Gasteiger partial charge in [0.2, 0.25) is 0 Å². The van der Waals surface area contributed by atoms with E-state index in [1.54, 1.807) is 0 Å². The summed E-state index contributed by atoms with van der Waals surface area (Å²) in [6.45, 7) is 6.51. The summed E-state index contributed by atoms with van der Waals surface area (Å²) in [6, 6.07) is 0. The van der Waals surface area contributed by atoms with E-state index in [2.05, 4.69) is 81.5 Å². The maximum absolute atomic E-state index is 12.8. The summed E-state index contributed by atoms with van der Waals surface area (Å²) in [5.41, 5.74) is 0. The minimum absolute atomic E-state index is 0.0787. The molecule has 0 N–H and O–H groups in total. The molecule has 0 radical (unpaired) electrons. The normalized spacial score (nSPS) is 12.5. The van der Waals surface area contributed by atoms with Crippen LogP contribution < -0.4 is 0 Å². The van der Waals surface area contributed by atoms with Crippen molar-refractivity contribution in [3.05, 3.63) is 60.8 Å². The number of hydrogen-bond acceptors (Lipinski definition) is 6. The van der Waals surface area contributed by atoms with Crippen LogP contribution in [-0.2, 0) is 28.6 Å². The van der Waals surface area contributed by atoms with Crippen molar-refractivity contribution in [1.82, 2.24) is 0 Å². The predicted molar refractivity (Wildman–Crippen MR) is 279 cm³/mol. The largest absolute Gasteiger partial charge is 0.462 e. The van der Waals surface area contributed by atoms with E-state index in [0.717, 1.165) is 96.3 Å². The number of ether oxygens (including phenoxy) is 3. The van der Waals surface area contributed by atoms with Crippen LogP contribution in [0.25, 0.3) is 0 Å². The molecule has 0 aromatic heterocycles. The quantitative estimate of drug-likeness (QED) is 0.0262.